The SMILES string of the molecule is CC(=O)N[C@H]1C=C(c2ccc3ccccc3c2)CCC1. The van der Waals surface area contributed by atoms with Crippen LogP contribution in [0.25, 0.3) is 16.3 Å². The van der Waals surface area contributed by atoms with E-state index in [-0.39, 0.29) is 11.9 Å². The molecule has 3 rings (SSSR count). The fourth-order valence-electron chi connectivity index (χ4n) is 2.93. The van der Waals surface area contributed by atoms with E-state index < -0.39 is 0 Å². The maximum atomic E-state index is 11.2. The first-order chi connectivity index (χ1) is 9.72. The Labute approximate surface area is 119 Å². The van der Waals surface area contributed by atoms with Gasteiger partial charge in [-0.1, -0.05) is 42.5 Å². The van der Waals surface area contributed by atoms with E-state index in [1.165, 1.54) is 21.9 Å². The Hall–Kier alpha value is -2.09. The van der Waals surface area contributed by atoms with Gasteiger partial charge >= 0.3 is 0 Å². The summed E-state index contributed by atoms with van der Waals surface area (Å²) in [6.45, 7) is 1.58. The number of nitrogens with one attached hydrogen (secondary N) is 1. The third-order valence-corrected chi connectivity index (χ3v) is 3.87. The molecule has 1 aliphatic rings. The maximum Gasteiger partial charge on any atom is 0.217 e. The molecule has 20 heavy (non-hydrogen) atoms. The summed E-state index contributed by atoms with van der Waals surface area (Å²) in [5.74, 6) is 0.0472. The topological polar surface area (TPSA) is 29.1 Å². The van der Waals surface area contributed by atoms with Crippen molar-refractivity contribution in [3.05, 3.63) is 54.1 Å². The Morgan fingerprint density at radius 1 is 1.15 bits per heavy atom. The molecule has 102 valence electrons. The van der Waals surface area contributed by atoms with Crippen LogP contribution in [-0.4, -0.2) is 11.9 Å². The zero-order valence-electron chi connectivity index (χ0n) is 11.7. The van der Waals surface area contributed by atoms with Gasteiger partial charge in [-0.2, -0.15) is 0 Å². The molecule has 1 N–H and O–H groups in total. The highest BCUT2D eigenvalue weighted by Crippen LogP contribution is 2.29. The third kappa shape index (κ3) is 2.74. The van der Waals surface area contributed by atoms with Gasteiger partial charge in [0.25, 0.3) is 0 Å². The highest BCUT2D eigenvalue weighted by atomic mass is 16.1. The average molecular weight is 265 g/mol. The summed E-state index contributed by atoms with van der Waals surface area (Å²) < 4.78 is 0. The second-order valence-electron chi connectivity index (χ2n) is 5.45. The van der Waals surface area contributed by atoms with Crippen molar-refractivity contribution in [2.75, 3.05) is 0 Å². The minimum Gasteiger partial charge on any atom is -0.350 e. The molecule has 1 amide bonds. The van der Waals surface area contributed by atoms with Crippen LogP contribution in [0.1, 0.15) is 31.7 Å². The zero-order valence-corrected chi connectivity index (χ0v) is 11.7. The fraction of sp³-hybridized carbons (Fsp3) is 0.278. The zero-order chi connectivity index (χ0) is 13.9. The lowest BCUT2D eigenvalue weighted by Gasteiger charge is -2.22. The van der Waals surface area contributed by atoms with E-state index in [9.17, 15) is 4.79 Å². The van der Waals surface area contributed by atoms with Crippen LogP contribution in [0, 0.1) is 0 Å². The molecule has 0 spiro atoms. The van der Waals surface area contributed by atoms with Crippen molar-refractivity contribution in [1.82, 2.24) is 5.32 Å². The van der Waals surface area contributed by atoms with Gasteiger partial charge < -0.3 is 5.32 Å². The van der Waals surface area contributed by atoms with Crippen molar-refractivity contribution < 1.29 is 4.79 Å². The summed E-state index contributed by atoms with van der Waals surface area (Å²) in [5.41, 5.74) is 2.62. The van der Waals surface area contributed by atoms with E-state index in [0.717, 1.165) is 19.3 Å². The number of allylic oxidation sites excluding steroid dienone is 1. The molecule has 2 aromatic carbocycles. The number of hydrogen-bond acceptors (Lipinski definition) is 1. The first kappa shape index (κ1) is 12.9. The standard InChI is InChI=1S/C18H19NO/c1-13(20)19-18-8-4-7-16(12-18)17-10-9-14-5-2-3-6-15(14)11-17/h2-3,5-6,9-12,18H,4,7-8H2,1H3,(H,19,20)/t18-/m1/s1. The first-order valence-corrected chi connectivity index (χ1v) is 7.19. The Kier molecular flexibility index (Phi) is 3.55. The molecule has 0 heterocycles. The lowest BCUT2D eigenvalue weighted by molar-refractivity contribution is -0.119. The van der Waals surface area contributed by atoms with Crippen molar-refractivity contribution >= 4 is 22.3 Å². The summed E-state index contributed by atoms with van der Waals surface area (Å²) in [4.78, 5) is 11.2. The van der Waals surface area contributed by atoms with E-state index >= 15 is 0 Å². The molecule has 2 nitrogen and oxygen atoms in total. The van der Waals surface area contributed by atoms with Crippen LogP contribution < -0.4 is 5.32 Å². The number of carbonyl (C=O) groups is 1. The molecule has 0 bridgehead atoms. The van der Waals surface area contributed by atoms with E-state index in [0.29, 0.717) is 0 Å². The highest BCUT2D eigenvalue weighted by molar-refractivity contribution is 5.86. The second kappa shape index (κ2) is 5.49. The molecule has 1 atom stereocenters. The largest absolute Gasteiger partial charge is 0.350 e. The minimum atomic E-state index is 0.0472. The molecule has 0 saturated carbocycles. The van der Waals surface area contributed by atoms with E-state index in [4.69, 9.17) is 0 Å². The van der Waals surface area contributed by atoms with Gasteiger partial charge in [0.15, 0.2) is 0 Å². The van der Waals surface area contributed by atoms with Gasteiger partial charge in [-0.3, -0.25) is 4.79 Å². The van der Waals surface area contributed by atoms with Crippen LogP contribution in [-0.2, 0) is 4.79 Å². The van der Waals surface area contributed by atoms with Gasteiger partial charge in [-0.15, -0.1) is 0 Å². The van der Waals surface area contributed by atoms with E-state index in [1.54, 1.807) is 6.92 Å². The molecule has 0 aliphatic heterocycles. The quantitative estimate of drug-likeness (QED) is 0.876. The molecule has 2 aromatic rings. The molecule has 0 fully saturated rings. The molecule has 2 heteroatoms. The van der Waals surface area contributed by atoms with Crippen molar-refractivity contribution in [2.45, 2.75) is 32.2 Å². The average Bonchev–Trinajstić information content (AvgIpc) is 2.46. The molecule has 0 saturated heterocycles. The number of benzene rings is 2. The lowest BCUT2D eigenvalue weighted by Crippen LogP contribution is -2.32. The van der Waals surface area contributed by atoms with Gasteiger partial charge in [0.2, 0.25) is 5.91 Å². The molecule has 0 unspecified atom stereocenters. The summed E-state index contributed by atoms with van der Waals surface area (Å²) >= 11 is 0. The van der Waals surface area contributed by atoms with Gasteiger partial charge in [0, 0.05) is 13.0 Å². The van der Waals surface area contributed by atoms with Crippen molar-refractivity contribution in [1.29, 1.82) is 0 Å². The van der Waals surface area contributed by atoms with Crippen LogP contribution in [0.3, 0.4) is 0 Å². The Bertz CT molecular complexity index is 672. The van der Waals surface area contributed by atoms with Crippen LogP contribution in [0.4, 0.5) is 0 Å². The number of hydrogen-bond donors (Lipinski definition) is 1. The third-order valence-electron chi connectivity index (χ3n) is 3.87. The smallest absolute Gasteiger partial charge is 0.217 e. The molecular weight excluding hydrogens is 246 g/mol. The predicted octanol–water partition coefficient (Wildman–Crippen LogP) is 3.91. The summed E-state index contributed by atoms with van der Waals surface area (Å²) in [6, 6.07) is 15.2. The molecule has 0 aromatic heterocycles. The number of rotatable bonds is 2. The van der Waals surface area contributed by atoms with Gasteiger partial charge in [-0.05, 0) is 47.2 Å². The van der Waals surface area contributed by atoms with Crippen molar-refractivity contribution in [2.24, 2.45) is 0 Å². The van der Waals surface area contributed by atoms with Crippen molar-refractivity contribution in [3.63, 3.8) is 0 Å². The molecular formula is C18H19NO. The van der Waals surface area contributed by atoms with Crippen molar-refractivity contribution in [3.8, 4) is 0 Å². The number of carbonyl (C=O) groups excluding carboxylic acids is 1. The fourth-order valence-corrected chi connectivity index (χ4v) is 2.93. The molecule has 1 aliphatic carbocycles. The van der Waals surface area contributed by atoms with Gasteiger partial charge in [-0.25, -0.2) is 0 Å². The first-order valence-electron chi connectivity index (χ1n) is 7.19. The van der Waals surface area contributed by atoms with E-state index in [2.05, 4.69) is 53.9 Å². The summed E-state index contributed by atoms with van der Waals surface area (Å²) in [7, 11) is 0. The predicted molar refractivity (Wildman–Crippen MR) is 83.4 cm³/mol. The van der Waals surface area contributed by atoms with Crippen LogP contribution >= 0.6 is 0 Å². The van der Waals surface area contributed by atoms with E-state index in [1.807, 2.05) is 0 Å². The lowest BCUT2D eigenvalue weighted by atomic mass is 9.90. The Morgan fingerprint density at radius 3 is 2.75 bits per heavy atom. The Morgan fingerprint density at radius 2 is 1.95 bits per heavy atom. The second-order valence-corrected chi connectivity index (χ2v) is 5.45. The monoisotopic (exact) mass is 265 g/mol. The minimum absolute atomic E-state index is 0.0472. The maximum absolute atomic E-state index is 11.2. The number of fused-ring (bicyclic) bond motifs is 1. The molecule has 0 radical (unpaired) electrons. The summed E-state index contributed by atoms with van der Waals surface area (Å²) in [6.07, 6.45) is 5.48. The van der Waals surface area contributed by atoms with Gasteiger partial charge in [0.05, 0.1) is 0 Å². The normalized spacial score (nSPS) is 18.6. The summed E-state index contributed by atoms with van der Waals surface area (Å²) in [5, 5.41) is 5.54. The van der Waals surface area contributed by atoms with Gasteiger partial charge in [0.1, 0.15) is 0 Å². The van der Waals surface area contributed by atoms with Crippen LogP contribution in [0.5, 0.6) is 0 Å². The van der Waals surface area contributed by atoms with Crippen LogP contribution in [0.15, 0.2) is 48.5 Å². The highest BCUT2D eigenvalue weighted by Gasteiger charge is 2.15. The Balaban J connectivity index is 1.93. The number of amides is 1. The van der Waals surface area contributed by atoms with Crippen LogP contribution in [0.2, 0.25) is 0 Å².